The Kier molecular flexibility index (Phi) is 6.91. The molecule has 0 heterocycles. The van der Waals surface area contributed by atoms with E-state index < -0.39 is 0 Å². The van der Waals surface area contributed by atoms with E-state index in [1.807, 2.05) is 13.8 Å². The van der Waals surface area contributed by atoms with Crippen LogP contribution in [0.2, 0.25) is 0 Å². The zero-order valence-electron chi connectivity index (χ0n) is 10.2. The molecule has 0 aliphatic rings. The van der Waals surface area contributed by atoms with E-state index in [-0.39, 0.29) is 0 Å². The fraction of sp³-hybridized carbons (Fsp3) is 0.538. The van der Waals surface area contributed by atoms with Crippen LogP contribution in [0.3, 0.4) is 0 Å². The zero-order chi connectivity index (χ0) is 11.0. The molecular weight excluding hydrogens is 170 g/mol. The normalized spacial score (nSPS) is 8.93. The Bertz CT molecular complexity index is 221. The third kappa shape index (κ3) is 3.82. The Labute approximate surface area is 88.8 Å². The SMILES string of the molecule is CC.CCN(CC)c1ccc(C)cc1. The van der Waals surface area contributed by atoms with Gasteiger partial charge in [-0.25, -0.2) is 0 Å². The van der Waals surface area contributed by atoms with Crippen LogP contribution in [-0.2, 0) is 0 Å². The molecular formula is C13H23N. The summed E-state index contributed by atoms with van der Waals surface area (Å²) in [7, 11) is 0. The molecule has 0 radical (unpaired) electrons. The highest BCUT2D eigenvalue weighted by Gasteiger charge is 1.98. The summed E-state index contributed by atoms with van der Waals surface area (Å²) in [6, 6.07) is 8.69. The fourth-order valence-electron chi connectivity index (χ4n) is 1.34. The molecule has 0 aromatic heterocycles. The summed E-state index contributed by atoms with van der Waals surface area (Å²) in [5.74, 6) is 0. The average molecular weight is 193 g/mol. The van der Waals surface area contributed by atoms with Crippen LogP contribution in [0, 0.1) is 6.92 Å². The first-order chi connectivity index (χ1) is 6.77. The largest absolute Gasteiger partial charge is 0.372 e. The first-order valence-corrected chi connectivity index (χ1v) is 5.59. The zero-order valence-corrected chi connectivity index (χ0v) is 10.2. The average Bonchev–Trinajstić information content (AvgIpc) is 2.25. The molecule has 1 aromatic carbocycles. The van der Waals surface area contributed by atoms with Gasteiger partial charge in [0.2, 0.25) is 0 Å². The summed E-state index contributed by atoms with van der Waals surface area (Å²) in [5.41, 5.74) is 2.65. The van der Waals surface area contributed by atoms with Crippen LogP contribution in [0.1, 0.15) is 33.3 Å². The van der Waals surface area contributed by atoms with Gasteiger partial charge in [0.1, 0.15) is 0 Å². The summed E-state index contributed by atoms with van der Waals surface area (Å²) in [5, 5.41) is 0. The van der Waals surface area contributed by atoms with Gasteiger partial charge in [0, 0.05) is 18.8 Å². The van der Waals surface area contributed by atoms with Gasteiger partial charge < -0.3 is 4.90 Å². The second kappa shape index (κ2) is 7.43. The number of hydrogen-bond donors (Lipinski definition) is 0. The minimum atomic E-state index is 1.08. The second-order valence-electron chi connectivity index (χ2n) is 3.01. The van der Waals surface area contributed by atoms with E-state index in [0.717, 1.165) is 13.1 Å². The predicted octanol–water partition coefficient (Wildman–Crippen LogP) is 3.87. The Hall–Kier alpha value is -0.980. The lowest BCUT2D eigenvalue weighted by Gasteiger charge is -2.20. The minimum absolute atomic E-state index is 1.08. The molecule has 0 amide bonds. The summed E-state index contributed by atoms with van der Waals surface area (Å²) < 4.78 is 0. The highest BCUT2D eigenvalue weighted by Crippen LogP contribution is 2.13. The van der Waals surface area contributed by atoms with Gasteiger partial charge in [-0.2, -0.15) is 0 Å². The van der Waals surface area contributed by atoms with Gasteiger partial charge in [-0.05, 0) is 32.9 Å². The Balaban J connectivity index is 0.000000791. The molecule has 0 N–H and O–H groups in total. The Morgan fingerprint density at radius 2 is 1.36 bits per heavy atom. The summed E-state index contributed by atoms with van der Waals surface area (Å²) >= 11 is 0. The highest BCUT2D eigenvalue weighted by molar-refractivity contribution is 5.47. The topological polar surface area (TPSA) is 3.24 Å². The van der Waals surface area contributed by atoms with Gasteiger partial charge in [-0.3, -0.25) is 0 Å². The molecule has 1 aromatic rings. The number of benzene rings is 1. The van der Waals surface area contributed by atoms with Crippen molar-refractivity contribution in [2.24, 2.45) is 0 Å². The molecule has 80 valence electrons. The molecule has 0 fully saturated rings. The Morgan fingerprint density at radius 1 is 0.929 bits per heavy atom. The lowest BCUT2D eigenvalue weighted by Crippen LogP contribution is -2.21. The first-order valence-electron chi connectivity index (χ1n) is 5.59. The smallest absolute Gasteiger partial charge is 0.0366 e. The van der Waals surface area contributed by atoms with Gasteiger partial charge >= 0.3 is 0 Å². The van der Waals surface area contributed by atoms with E-state index in [4.69, 9.17) is 0 Å². The van der Waals surface area contributed by atoms with Gasteiger partial charge in [0.15, 0.2) is 0 Å². The standard InChI is InChI=1S/C11H17N.C2H6/c1-4-12(5-2)11-8-6-10(3)7-9-11;1-2/h6-9H,4-5H2,1-3H3;1-2H3. The number of nitrogens with zero attached hydrogens (tertiary/aromatic N) is 1. The van der Waals surface area contributed by atoms with Crippen LogP contribution < -0.4 is 4.90 Å². The summed E-state index contributed by atoms with van der Waals surface area (Å²) in [6.45, 7) is 12.7. The molecule has 1 heteroatoms. The van der Waals surface area contributed by atoms with Crippen molar-refractivity contribution in [1.82, 2.24) is 0 Å². The van der Waals surface area contributed by atoms with E-state index in [0.29, 0.717) is 0 Å². The van der Waals surface area contributed by atoms with Crippen LogP contribution in [0.25, 0.3) is 0 Å². The molecule has 0 spiro atoms. The van der Waals surface area contributed by atoms with Crippen LogP contribution in [0.4, 0.5) is 5.69 Å². The van der Waals surface area contributed by atoms with E-state index in [1.165, 1.54) is 11.3 Å². The van der Waals surface area contributed by atoms with Crippen molar-refractivity contribution < 1.29 is 0 Å². The summed E-state index contributed by atoms with van der Waals surface area (Å²) in [6.07, 6.45) is 0. The van der Waals surface area contributed by atoms with Crippen molar-refractivity contribution in [3.05, 3.63) is 29.8 Å². The van der Waals surface area contributed by atoms with Gasteiger partial charge in [0.25, 0.3) is 0 Å². The first kappa shape index (κ1) is 13.0. The maximum Gasteiger partial charge on any atom is 0.0366 e. The van der Waals surface area contributed by atoms with Crippen molar-refractivity contribution in [2.45, 2.75) is 34.6 Å². The number of rotatable bonds is 3. The highest BCUT2D eigenvalue weighted by atomic mass is 15.1. The van der Waals surface area contributed by atoms with Crippen LogP contribution in [-0.4, -0.2) is 13.1 Å². The van der Waals surface area contributed by atoms with Crippen molar-refractivity contribution in [2.75, 3.05) is 18.0 Å². The van der Waals surface area contributed by atoms with E-state index in [9.17, 15) is 0 Å². The lowest BCUT2D eigenvalue weighted by molar-refractivity contribution is 0.866. The molecule has 1 rings (SSSR count). The molecule has 0 saturated heterocycles. The fourth-order valence-corrected chi connectivity index (χ4v) is 1.34. The third-order valence-corrected chi connectivity index (χ3v) is 2.16. The van der Waals surface area contributed by atoms with Crippen molar-refractivity contribution in [3.8, 4) is 0 Å². The van der Waals surface area contributed by atoms with Crippen LogP contribution in [0.5, 0.6) is 0 Å². The summed E-state index contributed by atoms with van der Waals surface area (Å²) in [4.78, 5) is 2.35. The van der Waals surface area contributed by atoms with Crippen LogP contribution in [0.15, 0.2) is 24.3 Å². The van der Waals surface area contributed by atoms with E-state index in [1.54, 1.807) is 0 Å². The van der Waals surface area contributed by atoms with Crippen molar-refractivity contribution >= 4 is 5.69 Å². The van der Waals surface area contributed by atoms with E-state index in [2.05, 4.69) is 49.9 Å². The number of hydrogen-bond acceptors (Lipinski definition) is 1. The van der Waals surface area contributed by atoms with Gasteiger partial charge in [-0.15, -0.1) is 0 Å². The molecule has 0 bridgehead atoms. The second-order valence-corrected chi connectivity index (χ2v) is 3.01. The van der Waals surface area contributed by atoms with Crippen molar-refractivity contribution in [3.63, 3.8) is 0 Å². The molecule has 0 aliphatic carbocycles. The third-order valence-electron chi connectivity index (χ3n) is 2.16. The molecule has 0 atom stereocenters. The van der Waals surface area contributed by atoms with Crippen molar-refractivity contribution in [1.29, 1.82) is 0 Å². The molecule has 0 unspecified atom stereocenters. The molecule has 0 saturated carbocycles. The quantitative estimate of drug-likeness (QED) is 0.704. The van der Waals surface area contributed by atoms with Crippen LogP contribution >= 0.6 is 0 Å². The Morgan fingerprint density at radius 3 is 1.71 bits per heavy atom. The molecule has 14 heavy (non-hydrogen) atoms. The maximum absolute atomic E-state index is 2.35. The van der Waals surface area contributed by atoms with E-state index >= 15 is 0 Å². The number of aryl methyl sites for hydroxylation is 1. The molecule has 0 aliphatic heterocycles. The minimum Gasteiger partial charge on any atom is -0.372 e. The van der Waals surface area contributed by atoms with Gasteiger partial charge in [0.05, 0.1) is 0 Å². The van der Waals surface area contributed by atoms with Gasteiger partial charge in [-0.1, -0.05) is 31.5 Å². The maximum atomic E-state index is 2.35. The molecule has 1 nitrogen and oxygen atoms in total. The monoisotopic (exact) mass is 193 g/mol. The lowest BCUT2D eigenvalue weighted by atomic mass is 10.2. The number of anilines is 1. The predicted molar refractivity (Wildman–Crippen MR) is 66.1 cm³/mol.